The third-order valence-electron chi connectivity index (χ3n) is 13.0. The first-order valence-corrected chi connectivity index (χ1v) is 29.8. The molecule has 0 aliphatic carbocycles. The molecule has 396 valence electrons. The van der Waals surface area contributed by atoms with Crippen LogP contribution in [0.3, 0.4) is 0 Å². The molecule has 0 amide bonds. The van der Waals surface area contributed by atoms with Crippen molar-refractivity contribution in [1.82, 2.24) is 0 Å². The number of unbranched alkanes of at least 4 members (excludes halogenated alkanes) is 34. The summed E-state index contributed by atoms with van der Waals surface area (Å²) in [6, 6.07) is 0. The number of hydrogen-bond acceptors (Lipinski definition) is 5. The van der Waals surface area contributed by atoms with E-state index in [9.17, 15) is 9.59 Å². The molecule has 0 N–H and O–H groups in total. The summed E-state index contributed by atoms with van der Waals surface area (Å²) >= 11 is 0. The average molecular weight is 952 g/mol. The van der Waals surface area contributed by atoms with Crippen LogP contribution in [-0.4, -0.2) is 37.9 Å². The summed E-state index contributed by atoms with van der Waals surface area (Å²) in [4.78, 5) is 25.6. The molecule has 0 heterocycles. The molecule has 0 aromatic heterocycles. The molecule has 0 aliphatic rings. The van der Waals surface area contributed by atoms with Gasteiger partial charge in [0.05, 0.1) is 6.61 Å². The van der Waals surface area contributed by atoms with Gasteiger partial charge in [0.2, 0.25) is 0 Å². The first-order valence-electron chi connectivity index (χ1n) is 29.8. The summed E-state index contributed by atoms with van der Waals surface area (Å²) in [6.07, 6.45) is 75.3. The van der Waals surface area contributed by atoms with E-state index in [0.29, 0.717) is 19.4 Å². The van der Waals surface area contributed by atoms with Crippen molar-refractivity contribution >= 4 is 11.9 Å². The summed E-state index contributed by atoms with van der Waals surface area (Å²) in [5.74, 6) is -0.395. The smallest absolute Gasteiger partial charge is 0.306 e. The highest BCUT2D eigenvalue weighted by molar-refractivity contribution is 5.70. The molecule has 0 fully saturated rings. The molecule has 1 unspecified atom stereocenters. The Hall–Kier alpha value is -2.40. The highest BCUT2D eigenvalue weighted by Gasteiger charge is 2.17. The molecule has 1 atom stereocenters. The minimum absolute atomic E-state index is 0.0790. The summed E-state index contributed by atoms with van der Waals surface area (Å²) in [5.41, 5.74) is 0. The Kier molecular flexibility index (Phi) is 56.8. The molecule has 0 saturated carbocycles. The van der Waals surface area contributed by atoms with Crippen LogP contribution in [-0.2, 0) is 23.8 Å². The molecule has 5 heteroatoms. The van der Waals surface area contributed by atoms with Gasteiger partial charge in [-0.2, -0.15) is 0 Å². The van der Waals surface area contributed by atoms with E-state index in [1.165, 1.54) is 199 Å². The zero-order chi connectivity index (χ0) is 49.2. The van der Waals surface area contributed by atoms with Crippen molar-refractivity contribution in [3.63, 3.8) is 0 Å². The van der Waals surface area contributed by atoms with Gasteiger partial charge in [0.1, 0.15) is 6.61 Å². The number of carbonyl (C=O) groups is 2. The Labute approximate surface area is 424 Å². The Bertz CT molecular complexity index is 1170. The number of esters is 2. The highest BCUT2D eigenvalue weighted by Crippen LogP contribution is 2.16. The second-order valence-corrected chi connectivity index (χ2v) is 19.9. The Morgan fingerprint density at radius 1 is 0.338 bits per heavy atom. The predicted molar refractivity (Wildman–Crippen MR) is 298 cm³/mol. The third kappa shape index (κ3) is 56.2. The average Bonchev–Trinajstić information content (AvgIpc) is 3.34. The topological polar surface area (TPSA) is 61.8 Å². The van der Waals surface area contributed by atoms with E-state index in [-0.39, 0.29) is 25.2 Å². The molecule has 0 aliphatic heterocycles. The van der Waals surface area contributed by atoms with Gasteiger partial charge in [-0.25, -0.2) is 0 Å². The van der Waals surface area contributed by atoms with E-state index >= 15 is 0 Å². The van der Waals surface area contributed by atoms with Crippen LogP contribution >= 0.6 is 0 Å². The summed E-state index contributed by atoms with van der Waals surface area (Å²) in [7, 11) is 0. The van der Waals surface area contributed by atoms with Crippen molar-refractivity contribution in [2.75, 3.05) is 19.8 Å². The monoisotopic (exact) mass is 951 g/mol. The van der Waals surface area contributed by atoms with Gasteiger partial charge in [-0.3, -0.25) is 9.59 Å². The maximum atomic E-state index is 12.9. The number of carbonyl (C=O) groups excluding carboxylic acids is 2. The van der Waals surface area contributed by atoms with E-state index in [1.54, 1.807) is 0 Å². The second-order valence-electron chi connectivity index (χ2n) is 19.9. The molecule has 0 aromatic rings. The quantitative estimate of drug-likeness (QED) is 0.0345. The van der Waals surface area contributed by atoms with Crippen molar-refractivity contribution in [1.29, 1.82) is 0 Å². The van der Waals surface area contributed by atoms with Crippen molar-refractivity contribution < 1.29 is 23.8 Å². The van der Waals surface area contributed by atoms with Crippen molar-refractivity contribution in [2.24, 2.45) is 0 Å². The Morgan fingerprint density at radius 3 is 1.07 bits per heavy atom. The predicted octanol–water partition coefficient (Wildman–Crippen LogP) is 20.5. The summed E-state index contributed by atoms with van der Waals surface area (Å²) < 4.78 is 17.5. The molecule has 0 bridgehead atoms. The first-order chi connectivity index (χ1) is 33.6. The fourth-order valence-corrected chi connectivity index (χ4v) is 8.62. The van der Waals surface area contributed by atoms with Gasteiger partial charge in [-0.05, 0) is 83.5 Å². The van der Waals surface area contributed by atoms with Crippen LogP contribution in [0.2, 0.25) is 0 Å². The summed E-state index contributed by atoms with van der Waals surface area (Å²) in [6.45, 7) is 7.72. The van der Waals surface area contributed by atoms with E-state index in [1.807, 2.05) is 0 Å². The largest absolute Gasteiger partial charge is 0.462 e. The lowest BCUT2D eigenvalue weighted by Gasteiger charge is -2.18. The lowest BCUT2D eigenvalue weighted by atomic mass is 10.0. The molecular formula is C63H114O5. The van der Waals surface area contributed by atoms with E-state index in [2.05, 4.69) is 81.5 Å². The molecule has 0 aromatic carbocycles. The molecular weight excluding hydrogens is 837 g/mol. The van der Waals surface area contributed by atoms with Gasteiger partial charge < -0.3 is 14.2 Å². The molecule has 5 nitrogen and oxygen atoms in total. The number of allylic oxidation sites excluding steroid dienone is 10. The molecule has 0 rings (SSSR count). The minimum Gasteiger partial charge on any atom is -0.462 e. The fraction of sp³-hybridized carbons (Fsp3) is 0.810. The maximum absolute atomic E-state index is 12.9. The van der Waals surface area contributed by atoms with Crippen LogP contribution in [0.5, 0.6) is 0 Å². The minimum atomic E-state index is -0.546. The lowest BCUT2D eigenvalue weighted by Crippen LogP contribution is -2.30. The van der Waals surface area contributed by atoms with Gasteiger partial charge in [0, 0.05) is 19.4 Å². The second kappa shape index (κ2) is 58.9. The number of hydrogen-bond donors (Lipinski definition) is 0. The van der Waals surface area contributed by atoms with Crippen LogP contribution in [0.4, 0.5) is 0 Å². The van der Waals surface area contributed by atoms with Crippen molar-refractivity contribution in [3.8, 4) is 0 Å². The van der Waals surface area contributed by atoms with E-state index in [0.717, 1.165) is 70.6 Å². The maximum Gasteiger partial charge on any atom is 0.306 e. The SMILES string of the molecule is CC/C=C\C/C=C\C/C=C\C/C=C\CCCCCCCOCC(COC(=O)CCCCCCCCCCC/C=C\CCCCCCCC)OC(=O)CCCCCCCCCCCCCCCCC. The zero-order valence-corrected chi connectivity index (χ0v) is 45.6. The summed E-state index contributed by atoms with van der Waals surface area (Å²) in [5, 5.41) is 0. The molecule has 0 saturated heterocycles. The Morgan fingerprint density at radius 2 is 0.662 bits per heavy atom. The van der Waals surface area contributed by atoms with Crippen molar-refractivity contribution in [2.45, 2.75) is 309 Å². The normalized spacial score (nSPS) is 12.6. The first kappa shape index (κ1) is 65.6. The van der Waals surface area contributed by atoms with Gasteiger partial charge in [-0.1, -0.05) is 268 Å². The van der Waals surface area contributed by atoms with E-state index < -0.39 is 6.10 Å². The van der Waals surface area contributed by atoms with Gasteiger partial charge in [-0.15, -0.1) is 0 Å². The highest BCUT2D eigenvalue weighted by atomic mass is 16.6. The fourth-order valence-electron chi connectivity index (χ4n) is 8.62. The van der Waals surface area contributed by atoms with Crippen LogP contribution in [0.15, 0.2) is 60.8 Å². The zero-order valence-electron chi connectivity index (χ0n) is 45.6. The lowest BCUT2D eigenvalue weighted by molar-refractivity contribution is -0.163. The molecule has 68 heavy (non-hydrogen) atoms. The van der Waals surface area contributed by atoms with Crippen LogP contribution in [0.1, 0.15) is 303 Å². The van der Waals surface area contributed by atoms with Gasteiger partial charge in [0.25, 0.3) is 0 Å². The molecule has 0 spiro atoms. The third-order valence-corrected chi connectivity index (χ3v) is 13.0. The Balaban J connectivity index is 4.27. The van der Waals surface area contributed by atoms with Gasteiger partial charge >= 0.3 is 11.9 Å². The van der Waals surface area contributed by atoms with E-state index in [4.69, 9.17) is 14.2 Å². The van der Waals surface area contributed by atoms with Crippen LogP contribution < -0.4 is 0 Å². The standard InChI is InChI=1S/C63H114O5/c1-4-7-10-13-16-19-22-25-28-30-32-33-36-38-41-44-47-50-53-56-62(64)67-60-61(68-63(65)57-54-51-48-45-42-39-35-27-24-21-18-15-12-9-6-3)59-66-58-55-52-49-46-43-40-37-34-31-29-26-23-20-17-14-11-8-5-2/h8,11,17,20,25-26,28-29,34,37,61H,4-7,9-10,12-16,18-19,21-24,27,30-33,35-36,38-60H2,1-3H3/b11-8-,20-17-,28-25-,29-26-,37-34-. The van der Waals surface area contributed by atoms with Crippen LogP contribution in [0.25, 0.3) is 0 Å². The number of ether oxygens (including phenoxy) is 3. The molecule has 0 radical (unpaired) electrons. The van der Waals surface area contributed by atoms with Gasteiger partial charge in [0.15, 0.2) is 6.10 Å². The van der Waals surface area contributed by atoms with Crippen LogP contribution in [0, 0.1) is 0 Å². The number of rotatable bonds is 55. The van der Waals surface area contributed by atoms with Crippen molar-refractivity contribution in [3.05, 3.63) is 60.8 Å².